The normalized spacial score (nSPS) is 15.2. The van der Waals surface area contributed by atoms with Crippen LogP contribution in [0, 0.1) is 5.92 Å². The van der Waals surface area contributed by atoms with Gasteiger partial charge in [0.05, 0.1) is 5.41 Å². The minimum Gasteiger partial charge on any atom is -0.209 e. The van der Waals surface area contributed by atoms with Gasteiger partial charge in [-0.2, -0.15) is 0 Å². The summed E-state index contributed by atoms with van der Waals surface area (Å²) in [7, 11) is 0. The van der Waals surface area contributed by atoms with Crippen molar-refractivity contribution >= 4 is 33.2 Å². The maximum atomic E-state index is 5.43. The van der Waals surface area contributed by atoms with E-state index in [4.69, 9.17) is 15.0 Å². The molecule has 0 N–H and O–H groups in total. The molecule has 3 heteroatoms. The summed E-state index contributed by atoms with van der Waals surface area (Å²) in [4.78, 5) is 16.0. The second-order valence-electron chi connectivity index (χ2n) is 15.2. The largest absolute Gasteiger partial charge is 0.209 e. The molecule has 11 rings (SSSR count). The maximum absolute atomic E-state index is 5.43. The van der Waals surface area contributed by atoms with Gasteiger partial charge in [-0.3, -0.25) is 0 Å². The lowest BCUT2D eigenvalue weighted by molar-refractivity contribution is 0.716. The Morgan fingerprint density at radius 2 is 1.07 bits per heavy atom. The standard InChI is InChI=1S/C53H37N3/c1-34-31-37-29-30-44-43-27-15-16-28-48(43)53(38-20-7-3-8-21-38,39-22-9-4-10-23-39)49(44)46(37)33-45(34)51-54-50(35-17-5-2-6-18-35)55-52(56-51)47-32-36-19-11-12-24-40(36)41-25-13-14-26-42(41)47/h2-30,32-34H,31H2,1H3. The summed E-state index contributed by atoms with van der Waals surface area (Å²) < 4.78 is 0. The van der Waals surface area contributed by atoms with E-state index in [0.717, 1.165) is 39.7 Å². The Bertz CT molecular complexity index is 2960. The van der Waals surface area contributed by atoms with Gasteiger partial charge in [-0.1, -0.05) is 183 Å². The lowest BCUT2D eigenvalue weighted by Gasteiger charge is -2.36. The van der Waals surface area contributed by atoms with Crippen molar-refractivity contribution in [3.8, 4) is 33.9 Å². The van der Waals surface area contributed by atoms with E-state index >= 15 is 0 Å². The van der Waals surface area contributed by atoms with E-state index in [9.17, 15) is 0 Å². The smallest absolute Gasteiger partial charge is 0.164 e. The van der Waals surface area contributed by atoms with Gasteiger partial charge in [0.2, 0.25) is 0 Å². The molecule has 1 aromatic heterocycles. The van der Waals surface area contributed by atoms with Crippen LogP contribution in [0.15, 0.2) is 182 Å². The zero-order valence-electron chi connectivity index (χ0n) is 31.0. The van der Waals surface area contributed by atoms with Gasteiger partial charge in [-0.05, 0) is 90.5 Å². The Labute approximate surface area is 326 Å². The van der Waals surface area contributed by atoms with Crippen LogP contribution in [0.4, 0.5) is 0 Å². The summed E-state index contributed by atoms with van der Waals surface area (Å²) in [6, 6.07) is 65.6. The highest BCUT2D eigenvalue weighted by Crippen LogP contribution is 2.58. The number of allylic oxidation sites excluding steroid dienone is 1. The number of benzene rings is 8. The molecule has 0 fully saturated rings. The Hall–Kier alpha value is -6.97. The number of nitrogens with zero attached hydrogens (tertiary/aromatic N) is 3. The molecule has 0 amide bonds. The minimum absolute atomic E-state index is 0.180. The van der Waals surface area contributed by atoms with Crippen molar-refractivity contribution in [1.82, 2.24) is 15.0 Å². The fourth-order valence-electron chi connectivity index (χ4n) is 9.56. The topological polar surface area (TPSA) is 38.7 Å². The van der Waals surface area contributed by atoms with E-state index in [2.05, 4.69) is 189 Å². The fourth-order valence-corrected chi connectivity index (χ4v) is 9.56. The van der Waals surface area contributed by atoms with Gasteiger partial charge < -0.3 is 0 Å². The maximum Gasteiger partial charge on any atom is 0.164 e. The number of fused-ring (bicyclic) bond motifs is 8. The number of hydrogen-bond acceptors (Lipinski definition) is 3. The van der Waals surface area contributed by atoms with Gasteiger partial charge in [0.15, 0.2) is 17.5 Å². The molecule has 2 aliphatic carbocycles. The Morgan fingerprint density at radius 1 is 0.482 bits per heavy atom. The van der Waals surface area contributed by atoms with Crippen LogP contribution >= 0.6 is 0 Å². The molecule has 0 spiro atoms. The van der Waals surface area contributed by atoms with Crippen molar-refractivity contribution in [3.05, 3.63) is 221 Å². The molecule has 1 atom stereocenters. The van der Waals surface area contributed by atoms with Crippen LogP contribution in [0.5, 0.6) is 0 Å². The minimum atomic E-state index is -0.508. The van der Waals surface area contributed by atoms with Crippen molar-refractivity contribution < 1.29 is 0 Å². The van der Waals surface area contributed by atoms with E-state index in [1.807, 2.05) is 6.07 Å². The molecule has 1 heterocycles. The predicted molar refractivity (Wildman–Crippen MR) is 230 cm³/mol. The molecule has 9 aromatic rings. The molecule has 264 valence electrons. The number of rotatable bonds is 5. The number of aromatic nitrogens is 3. The monoisotopic (exact) mass is 715 g/mol. The molecular weight excluding hydrogens is 679 g/mol. The van der Waals surface area contributed by atoms with E-state index < -0.39 is 5.41 Å². The second kappa shape index (κ2) is 12.8. The second-order valence-corrected chi connectivity index (χ2v) is 15.2. The zero-order chi connectivity index (χ0) is 37.2. The first-order chi connectivity index (χ1) is 27.7. The van der Waals surface area contributed by atoms with Crippen molar-refractivity contribution in [1.29, 1.82) is 0 Å². The van der Waals surface area contributed by atoms with Crippen LogP contribution in [0.1, 0.15) is 46.1 Å². The molecule has 0 aliphatic heterocycles. The Kier molecular flexibility index (Phi) is 7.43. The highest BCUT2D eigenvalue weighted by atomic mass is 15.0. The van der Waals surface area contributed by atoms with Crippen LogP contribution < -0.4 is 0 Å². The van der Waals surface area contributed by atoms with Gasteiger partial charge >= 0.3 is 0 Å². The highest BCUT2D eigenvalue weighted by Gasteiger charge is 2.48. The van der Waals surface area contributed by atoms with Gasteiger partial charge in [0.25, 0.3) is 0 Å². The van der Waals surface area contributed by atoms with Crippen LogP contribution in [0.25, 0.3) is 67.1 Å². The molecule has 0 saturated carbocycles. The van der Waals surface area contributed by atoms with Crippen LogP contribution in [-0.2, 0) is 11.8 Å². The van der Waals surface area contributed by atoms with E-state index in [1.54, 1.807) is 0 Å². The highest BCUT2D eigenvalue weighted by molar-refractivity contribution is 6.13. The van der Waals surface area contributed by atoms with Crippen LogP contribution in [0.3, 0.4) is 0 Å². The molecule has 0 bridgehead atoms. The third-order valence-corrected chi connectivity index (χ3v) is 12.0. The van der Waals surface area contributed by atoms with E-state index in [1.165, 1.54) is 55.3 Å². The SMILES string of the molecule is CC1Cc2ccc3c(c2C=C1c1nc(-c2ccccc2)nc(-c2cc4ccccc4c4ccccc24)n1)C(c1ccccc1)(c1ccccc1)c1ccccc1-3. The summed E-state index contributed by atoms with van der Waals surface area (Å²) in [6.07, 6.45) is 3.30. The molecular formula is C53H37N3. The first kappa shape index (κ1) is 32.5. The molecule has 8 aromatic carbocycles. The zero-order valence-corrected chi connectivity index (χ0v) is 31.0. The van der Waals surface area contributed by atoms with Gasteiger partial charge in [-0.15, -0.1) is 0 Å². The van der Waals surface area contributed by atoms with Crippen LogP contribution in [-0.4, -0.2) is 15.0 Å². The van der Waals surface area contributed by atoms with Gasteiger partial charge in [-0.25, -0.2) is 15.0 Å². The lowest BCUT2D eigenvalue weighted by Crippen LogP contribution is -2.30. The van der Waals surface area contributed by atoms with Crippen molar-refractivity contribution in [2.24, 2.45) is 5.92 Å². The van der Waals surface area contributed by atoms with Crippen molar-refractivity contribution in [2.75, 3.05) is 0 Å². The fraction of sp³-hybridized carbons (Fsp3) is 0.0755. The molecule has 0 radical (unpaired) electrons. The Morgan fingerprint density at radius 3 is 1.82 bits per heavy atom. The lowest BCUT2D eigenvalue weighted by atomic mass is 9.65. The summed E-state index contributed by atoms with van der Waals surface area (Å²) >= 11 is 0. The van der Waals surface area contributed by atoms with Crippen LogP contribution in [0.2, 0.25) is 0 Å². The third kappa shape index (κ3) is 4.87. The average Bonchev–Trinajstić information content (AvgIpc) is 3.58. The molecule has 1 unspecified atom stereocenters. The molecule has 56 heavy (non-hydrogen) atoms. The first-order valence-corrected chi connectivity index (χ1v) is 19.5. The molecule has 0 saturated heterocycles. The molecule has 2 aliphatic rings. The summed E-state index contributed by atoms with van der Waals surface area (Å²) in [5.74, 6) is 2.26. The van der Waals surface area contributed by atoms with Crippen molar-refractivity contribution in [3.63, 3.8) is 0 Å². The third-order valence-electron chi connectivity index (χ3n) is 12.0. The van der Waals surface area contributed by atoms with Gasteiger partial charge in [0, 0.05) is 16.7 Å². The van der Waals surface area contributed by atoms with Crippen molar-refractivity contribution in [2.45, 2.75) is 18.8 Å². The predicted octanol–water partition coefficient (Wildman–Crippen LogP) is 12.6. The summed E-state index contributed by atoms with van der Waals surface area (Å²) in [5, 5.41) is 4.71. The molecule has 3 nitrogen and oxygen atoms in total. The van der Waals surface area contributed by atoms with E-state index in [0.29, 0.717) is 11.6 Å². The summed E-state index contributed by atoms with van der Waals surface area (Å²) in [6.45, 7) is 2.31. The van der Waals surface area contributed by atoms with E-state index in [-0.39, 0.29) is 5.92 Å². The quantitative estimate of drug-likeness (QED) is 0.167. The average molecular weight is 716 g/mol. The number of hydrogen-bond donors (Lipinski definition) is 0. The Balaban J connectivity index is 1.19. The van der Waals surface area contributed by atoms with Gasteiger partial charge in [0.1, 0.15) is 0 Å². The summed E-state index contributed by atoms with van der Waals surface area (Å²) in [5.41, 5.74) is 12.9. The first-order valence-electron chi connectivity index (χ1n) is 19.5.